The minimum Gasteiger partial charge on any atom is -0.469 e. The van der Waals surface area contributed by atoms with Gasteiger partial charge in [0.25, 0.3) is 0 Å². The van der Waals surface area contributed by atoms with Crippen LogP contribution in [0.4, 0.5) is 4.39 Å². The molecule has 3 N–H and O–H groups in total. The molecule has 1 aliphatic rings. The SMILES string of the molecule is COC(=O)Cc1[nH]nc2c1[C@H](c1ccc(F)c(Oc3ccccc3)c1)C(C#N)=C(N)O2. The smallest absolute Gasteiger partial charge is 0.311 e. The van der Waals surface area contributed by atoms with Crippen molar-refractivity contribution < 1.29 is 23.4 Å². The molecule has 0 radical (unpaired) electrons. The van der Waals surface area contributed by atoms with E-state index in [4.69, 9.17) is 19.9 Å². The molecule has 0 saturated heterocycles. The predicted octanol–water partition coefficient (Wildman–Crippen LogP) is 3.27. The molecule has 2 heterocycles. The number of carbonyl (C=O) groups excluding carboxylic acids is 1. The average molecular weight is 420 g/mol. The van der Waals surface area contributed by atoms with Crippen LogP contribution in [-0.2, 0) is 16.0 Å². The van der Waals surface area contributed by atoms with Crippen LogP contribution in [-0.4, -0.2) is 23.3 Å². The third-order valence-electron chi connectivity index (χ3n) is 4.83. The molecule has 9 heteroatoms. The summed E-state index contributed by atoms with van der Waals surface area (Å²) in [4.78, 5) is 11.8. The maximum atomic E-state index is 14.5. The molecule has 1 aromatic heterocycles. The number of halogens is 1. The molecule has 0 amide bonds. The summed E-state index contributed by atoms with van der Waals surface area (Å²) >= 11 is 0. The summed E-state index contributed by atoms with van der Waals surface area (Å²) in [6, 6.07) is 15.0. The van der Waals surface area contributed by atoms with Gasteiger partial charge in [-0.25, -0.2) is 4.39 Å². The van der Waals surface area contributed by atoms with Crippen LogP contribution in [0.5, 0.6) is 17.4 Å². The van der Waals surface area contributed by atoms with Gasteiger partial charge in [0.1, 0.15) is 17.4 Å². The molecule has 2 aromatic carbocycles. The fourth-order valence-corrected chi connectivity index (χ4v) is 3.39. The highest BCUT2D eigenvalue weighted by Crippen LogP contribution is 2.44. The number of nitrogens with one attached hydrogen (secondary N) is 1. The monoisotopic (exact) mass is 420 g/mol. The van der Waals surface area contributed by atoms with Crippen LogP contribution < -0.4 is 15.2 Å². The van der Waals surface area contributed by atoms with E-state index in [2.05, 4.69) is 10.2 Å². The number of benzene rings is 2. The number of nitrogens with zero attached hydrogens (tertiary/aromatic N) is 2. The lowest BCUT2D eigenvalue weighted by molar-refractivity contribution is -0.139. The molecule has 0 aliphatic carbocycles. The van der Waals surface area contributed by atoms with E-state index in [-0.39, 0.29) is 29.5 Å². The molecule has 8 nitrogen and oxygen atoms in total. The molecule has 3 aromatic rings. The molecule has 31 heavy (non-hydrogen) atoms. The molecule has 0 unspecified atom stereocenters. The third-order valence-corrected chi connectivity index (χ3v) is 4.83. The van der Waals surface area contributed by atoms with Gasteiger partial charge >= 0.3 is 5.97 Å². The van der Waals surface area contributed by atoms with Crippen molar-refractivity contribution in [2.75, 3.05) is 7.11 Å². The number of nitrogens with two attached hydrogens (primary N) is 1. The lowest BCUT2D eigenvalue weighted by Crippen LogP contribution is -2.22. The number of nitriles is 1. The Hall–Kier alpha value is -4.32. The summed E-state index contributed by atoms with van der Waals surface area (Å²) in [5, 5.41) is 16.5. The molecule has 4 rings (SSSR count). The van der Waals surface area contributed by atoms with Gasteiger partial charge in [-0.3, -0.25) is 9.89 Å². The number of hydrogen-bond acceptors (Lipinski definition) is 7. The zero-order valence-corrected chi connectivity index (χ0v) is 16.4. The number of esters is 1. The van der Waals surface area contributed by atoms with Gasteiger partial charge in [0.15, 0.2) is 11.6 Å². The fraction of sp³-hybridized carbons (Fsp3) is 0.136. The quantitative estimate of drug-likeness (QED) is 0.607. The Balaban J connectivity index is 1.81. The maximum absolute atomic E-state index is 14.5. The number of aromatic nitrogens is 2. The molecular formula is C22H17FN4O4. The van der Waals surface area contributed by atoms with Gasteiger partial charge in [-0.1, -0.05) is 24.3 Å². The van der Waals surface area contributed by atoms with Gasteiger partial charge in [-0.05, 0) is 29.8 Å². The van der Waals surface area contributed by atoms with Crippen LogP contribution >= 0.6 is 0 Å². The lowest BCUT2D eigenvalue weighted by Gasteiger charge is -2.24. The number of fused-ring (bicyclic) bond motifs is 1. The first-order chi connectivity index (χ1) is 15.0. The van der Waals surface area contributed by atoms with Crippen LogP contribution in [0.25, 0.3) is 0 Å². The Bertz CT molecular complexity index is 1210. The second-order valence-corrected chi connectivity index (χ2v) is 6.70. The van der Waals surface area contributed by atoms with Crippen molar-refractivity contribution >= 4 is 5.97 Å². The summed E-state index contributed by atoms with van der Waals surface area (Å²) in [5.74, 6) is -1.37. The fourth-order valence-electron chi connectivity index (χ4n) is 3.39. The van der Waals surface area contributed by atoms with E-state index in [1.807, 2.05) is 12.1 Å². The van der Waals surface area contributed by atoms with Crippen molar-refractivity contribution in [2.45, 2.75) is 12.3 Å². The minimum absolute atomic E-state index is 0.0226. The van der Waals surface area contributed by atoms with Crippen LogP contribution in [0.1, 0.15) is 22.7 Å². The first-order valence-electron chi connectivity index (χ1n) is 9.25. The summed E-state index contributed by atoms with van der Waals surface area (Å²) in [7, 11) is 1.27. The van der Waals surface area contributed by atoms with Crippen molar-refractivity contribution in [1.29, 1.82) is 5.26 Å². The Kier molecular flexibility index (Phi) is 5.28. The van der Waals surface area contributed by atoms with Gasteiger partial charge in [-0.15, -0.1) is 5.10 Å². The Labute approximate surface area is 176 Å². The maximum Gasteiger partial charge on any atom is 0.311 e. The first-order valence-corrected chi connectivity index (χ1v) is 9.25. The largest absolute Gasteiger partial charge is 0.469 e. The van der Waals surface area contributed by atoms with E-state index in [0.717, 1.165) is 0 Å². The van der Waals surface area contributed by atoms with E-state index < -0.39 is 17.7 Å². The zero-order chi connectivity index (χ0) is 22.0. The number of ether oxygens (including phenoxy) is 3. The summed E-state index contributed by atoms with van der Waals surface area (Å²) in [6.07, 6.45) is -0.119. The number of allylic oxidation sites excluding steroid dienone is 1. The topological polar surface area (TPSA) is 123 Å². The molecule has 1 atom stereocenters. The van der Waals surface area contributed by atoms with Gasteiger partial charge < -0.3 is 19.9 Å². The second kappa shape index (κ2) is 8.20. The highest BCUT2D eigenvalue weighted by molar-refractivity contribution is 5.73. The molecular weight excluding hydrogens is 403 g/mol. The number of rotatable bonds is 5. The highest BCUT2D eigenvalue weighted by Gasteiger charge is 2.36. The van der Waals surface area contributed by atoms with E-state index >= 15 is 0 Å². The summed E-state index contributed by atoms with van der Waals surface area (Å²) in [5.41, 5.74) is 7.43. The zero-order valence-electron chi connectivity index (χ0n) is 16.4. The van der Waals surface area contributed by atoms with Crippen LogP contribution in [0, 0.1) is 17.1 Å². The van der Waals surface area contributed by atoms with Gasteiger partial charge in [0, 0.05) is 0 Å². The van der Waals surface area contributed by atoms with Gasteiger partial charge in [0.05, 0.1) is 30.7 Å². The molecule has 0 bridgehead atoms. The molecule has 0 spiro atoms. The third kappa shape index (κ3) is 3.79. The van der Waals surface area contributed by atoms with Crippen molar-refractivity contribution in [1.82, 2.24) is 10.2 Å². The number of aromatic amines is 1. The van der Waals surface area contributed by atoms with Gasteiger partial charge in [-0.2, -0.15) is 5.26 Å². The van der Waals surface area contributed by atoms with Crippen molar-refractivity contribution in [3.05, 3.63) is 82.6 Å². The number of H-pyrrole nitrogens is 1. The Morgan fingerprint density at radius 3 is 2.81 bits per heavy atom. The van der Waals surface area contributed by atoms with E-state index in [1.54, 1.807) is 24.3 Å². The van der Waals surface area contributed by atoms with Crippen LogP contribution in [0.15, 0.2) is 60.0 Å². The van der Waals surface area contributed by atoms with Crippen molar-refractivity contribution in [3.63, 3.8) is 0 Å². The second-order valence-electron chi connectivity index (χ2n) is 6.70. The van der Waals surface area contributed by atoms with Crippen LogP contribution in [0.3, 0.4) is 0 Å². The number of hydrogen-bond donors (Lipinski definition) is 2. The van der Waals surface area contributed by atoms with Crippen LogP contribution in [0.2, 0.25) is 0 Å². The van der Waals surface area contributed by atoms with E-state index in [1.165, 1.54) is 25.3 Å². The Morgan fingerprint density at radius 2 is 2.10 bits per heavy atom. The molecule has 0 fully saturated rings. The summed E-state index contributed by atoms with van der Waals surface area (Å²) in [6.45, 7) is 0. The standard InChI is InChI=1S/C22H17FN4O4/c1-29-18(28)10-16-20-19(14(11-24)21(25)31-22(20)27-26-16)12-7-8-15(23)17(9-12)30-13-5-3-2-4-6-13/h2-9,19H,10,25H2,1H3,(H,26,27)/t19-/m1/s1. The van der Waals surface area contributed by atoms with Crippen molar-refractivity contribution in [2.24, 2.45) is 5.73 Å². The number of carbonyl (C=O) groups is 1. The Morgan fingerprint density at radius 1 is 1.32 bits per heavy atom. The number of methoxy groups -OCH3 is 1. The molecule has 0 saturated carbocycles. The highest BCUT2D eigenvalue weighted by atomic mass is 19.1. The van der Waals surface area contributed by atoms with Crippen molar-refractivity contribution in [3.8, 4) is 23.4 Å². The summed E-state index contributed by atoms with van der Waals surface area (Å²) < 4.78 is 30.4. The van der Waals surface area contributed by atoms with E-state index in [9.17, 15) is 14.4 Å². The minimum atomic E-state index is -0.745. The van der Waals surface area contributed by atoms with E-state index in [0.29, 0.717) is 22.6 Å². The normalized spacial score (nSPS) is 14.9. The average Bonchev–Trinajstić information content (AvgIpc) is 3.16. The number of para-hydroxylation sites is 1. The molecule has 1 aliphatic heterocycles. The first kappa shape index (κ1) is 20.0. The predicted molar refractivity (Wildman–Crippen MR) is 107 cm³/mol. The van der Waals surface area contributed by atoms with Gasteiger partial charge in [0.2, 0.25) is 11.8 Å². The molecule has 156 valence electrons. The lowest BCUT2D eigenvalue weighted by atomic mass is 9.83.